The lowest BCUT2D eigenvalue weighted by Crippen LogP contribution is -2.47. The topological polar surface area (TPSA) is 49.9 Å². The monoisotopic (exact) mass is 226 g/mol. The number of likely N-dealkylation sites (tertiary alicyclic amines) is 1. The van der Waals surface area contributed by atoms with Gasteiger partial charge in [-0.05, 0) is 13.0 Å². The van der Waals surface area contributed by atoms with E-state index in [-0.39, 0.29) is 11.7 Å². The van der Waals surface area contributed by atoms with E-state index in [0.29, 0.717) is 45.8 Å². The molecule has 0 unspecified atom stereocenters. The molecule has 0 N–H and O–H groups in total. The second-order valence-corrected chi connectivity index (χ2v) is 4.35. The predicted octanol–water partition coefficient (Wildman–Crippen LogP) is -0.490. The number of rotatable bonds is 2. The molecular weight excluding hydrogens is 208 g/mol. The van der Waals surface area contributed by atoms with Crippen LogP contribution in [0.1, 0.15) is 12.8 Å². The molecule has 0 radical (unpaired) electrons. The molecular formula is C11H18N2O3. The van der Waals surface area contributed by atoms with Crippen molar-refractivity contribution in [2.75, 3.05) is 45.9 Å². The molecule has 0 aromatic rings. The number of piperidine rings is 1. The Kier molecular flexibility index (Phi) is 3.90. The van der Waals surface area contributed by atoms with Gasteiger partial charge in [-0.2, -0.15) is 0 Å². The number of carbonyl (C=O) groups is 2. The van der Waals surface area contributed by atoms with E-state index < -0.39 is 0 Å². The van der Waals surface area contributed by atoms with Crippen molar-refractivity contribution in [1.82, 2.24) is 9.80 Å². The zero-order valence-corrected chi connectivity index (χ0v) is 9.48. The maximum atomic E-state index is 11.9. The molecule has 2 fully saturated rings. The Labute approximate surface area is 95.3 Å². The highest BCUT2D eigenvalue weighted by Gasteiger charge is 2.22. The van der Waals surface area contributed by atoms with Gasteiger partial charge in [-0.15, -0.1) is 0 Å². The van der Waals surface area contributed by atoms with E-state index >= 15 is 0 Å². The van der Waals surface area contributed by atoms with Crippen molar-refractivity contribution in [3.63, 3.8) is 0 Å². The van der Waals surface area contributed by atoms with E-state index in [0.717, 1.165) is 13.0 Å². The summed E-state index contributed by atoms with van der Waals surface area (Å²) >= 11 is 0. The summed E-state index contributed by atoms with van der Waals surface area (Å²) in [7, 11) is 0. The third-order valence-corrected chi connectivity index (χ3v) is 3.05. The normalized spacial score (nSPS) is 23.5. The van der Waals surface area contributed by atoms with Gasteiger partial charge in [0.15, 0.2) is 0 Å². The number of carbonyl (C=O) groups excluding carboxylic acids is 2. The summed E-state index contributed by atoms with van der Waals surface area (Å²) in [4.78, 5) is 26.9. The number of hydrogen-bond donors (Lipinski definition) is 0. The summed E-state index contributed by atoms with van der Waals surface area (Å²) in [6.45, 7) is 4.31. The van der Waals surface area contributed by atoms with Crippen LogP contribution in [0.2, 0.25) is 0 Å². The molecule has 0 saturated carbocycles. The number of ketones is 1. The Hall–Kier alpha value is -0.940. The molecule has 90 valence electrons. The summed E-state index contributed by atoms with van der Waals surface area (Å²) in [6.07, 6.45) is 1.55. The van der Waals surface area contributed by atoms with Crippen LogP contribution in [0.15, 0.2) is 0 Å². The van der Waals surface area contributed by atoms with Gasteiger partial charge >= 0.3 is 0 Å². The Morgan fingerprint density at radius 3 is 2.69 bits per heavy atom. The van der Waals surface area contributed by atoms with Gasteiger partial charge in [-0.25, -0.2) is 0 Å². The van der Waals surface area contributed by atoms with Crippen LogP contribution in [0.3, 0.4) is 0 Å². The second-order valence-electron chi connectivity index (χ2n) is 4.35. The highest BCUT2D eigenvalue weighted by molar-refractivity contribution is 5.83. The van der Waals surface area contributed by atoms with Crippen LogP contribution in [0, 0.1) is 0 Å². The molecule has 0 aromatic carbocycles. The summed E-state index contributed by atoms with van der Waals surface area (Å²) < 4.78 is 5.20. The van der Waals surface area contributed by atoms with Crippen molar-refractivity contribution in [1.29, 1.82) is 0 Å². The number of amides is 1. The maximum Gasteiger partial charge on any atom is 0.236 e. The van der Waals surface area contributed by atoms with E-state index in [2.05, 4.69) is 0 Å². The van der Waals surface area contributed by atoms with Crippen LogP contribution < -0.4 is 0 Å². The Morgan fingerprint density at radius 1 is 1.25 bits per heavy atom. The number of hydrogen-bond acceptors (Lipinski definition) is 4. The van der Waals surface area contributed by atoms with E-state index in [1.165, 1.54) is 0 Å². The van der Waals surface area contributed by atoms with Crippen molar-refractivity contribution >= 4 is 11.7 Å². The first-order chi connectivity index (χ1) is 7.75. The van der Waals surface area contributed by atoms with Crippen LogP contribution in [-0.4, -0.2) is 67.4 Å². The summed E-state index contributed by atoms with van der Waals surface area (Å²) in [5.41, 5.74) is 0. The zero-order chi connectivity index (χ0) is 11.4. The van der Waals surface area contributed by atoms with Crippen LogP contribution in [-0.2, 0) is 14.3 Å². The lowest BCUT2D eigenvalue weighted by molar-refractivity contribution is -0.137. The maximum absolute atomic E-state index is 11.9. The van der Waals surface area contributed by atoms with Crippen LogP contribution in [0.5, 0.6) is 0 Å². The molecule has 16 heavy (non-hydrogen) atoms. The average Bonchev–Trinajstić information content (AvgIpc) is 2.30. The fourth-order valence-electron chi connectivity index (χ4n) is 2.15. The number of morpholine rings is 1. The lowest BCUT2D eigenvalue weighted by Gasteiger charge is -2.31. The highest BCUT2D eigenvalue weighted by Crippen LogP contribution is 2.06. The first-order valence-corrected chi connectivity index (χ1v) is 5.85. The molecule has 2 heterocycles. The van der Waals surface area contributed by atoms with Crippen molar-refractivity contribution in [2.24, 2.45) is 0 Å². The third-order valence-electron chi connectivity index (χ3n) is 3.05. The SMILES string of the molecule is O=C1CCCN(CC(=O)N2CCOCC2)C1. The summed E-state index contributed by atoms with van der Waals surface area (Å²) in [5, 5.41) is 0. The molecule has 2 aliphatic rings. The predicted molar refractivity (Wildman–Crippen MR) is 58.1 cm³/mol. The van der Waals surface area contributed by atoms with Gasteiger partial charge in [0.1, 0.15) is 5.78 Å². The minimum absolute atomic E-state index is 0.123. The van der Waals surface area contributed by atoms with Crippen LogP contribution in [0.25, 0.3) is 0 Å². The van der Waals surface area contributed by atoms with Gasteiger partial charge in [0.2, 0.25) is 5.91 Å². The number of Topliss-reactive ketones (excluding diaryl/α,β-unsaturated/α-hetero) is 1. The molecule has 0 aromatic heterocycles. The summed E-state index contributed by atoms with van der Waals surface area (Å²) in [5.74, 6) is 0.374. The molecule has 0 bridgehead atoms. The van der Waals surface area contributed by atoms with Crippen molar-refractivity contribution in [3.8, 4) is 0 Å². The average molecular weight is 226 g/mol. The van der Waals surface area contributed by atoms with Gasteiger partial charge in [-0.1, -0.05) is 0 Å². The first-order valence-electron chi connectivity index (χ1n) is 5.85. The van der Waals surface area contributed by atoms with E-state index in [1.54, 1.807) is 0 Å². The Bertz CT molecular complexity index is 274. The summed E-state index contributed by atoms with van der Waals surface area (Å²) in [6, 6.07) is 0. The minimum atomic E-state index is 0.123. The fourth-order valence-corrected chi connectivity index (χ4v) is 2.15. The number of ether oxygens (including phenoxy) is 1. The number of nitrogens with zero attached hydrogens (tertiary/aromatic N) is 2. The third kappa shape index (κ3) is 3.02. The highest BCUT2D eigenvalue weighted by atomic mass is 16.5. The molecule has 2 rings (SSSR count). The standard InChI is InChI=1S/C11H18N2O3/c14-10-2-1-3-12(8-10)9-11(15)13-4-6-16-7-5-13/h1-9H2. The van der Waals surface area contributed by atoms with Gasteiger partial charge in [0.25, 0.3) is 0 Å². The quantitative estimate of drug-likeness (QED) is 0.637. The molecule has 0 atom stereocenters. The molecule has 2 aliphatic heterocycles. The molecule has 1 amide bonds. The van der Waals surface area contributed by atoms with E-state index in [9.17, 15) is 9.59 Å². The van der Waals surface area contributed by atoms with Gasteiger partial charge in [0.05, 0.1) is 26.3 Å². The molecule has 0 spiro atoms. The second kappa shape index (κ2) is 5.41. The van der Waals surface area contributed by atoms with Crippen LogP contribution >= 0.6 is 0 Å². The Balaban J connectivity index is 1.79. The van der Waals surface area contributed by atoms with Crippen molar-refractivity contribution in [3.05, 3.63) is 0 Å². The van der Waals surface area contributed by atoms with E-state index in [1.807, 2.05) is 9.80 Å². The van der Waals surface area contributed by atoms with Crippen molar-refractivity contribution in [2.45, 2.75) is 12.8 Å². The first kappa shape index (κ1) is 11.5. The van der Waals surface area contributed by atoms with Gasteiger partial charge < -0.3 is 9.64 Å². The Morgan fingerprint density at radius 2 is 2.00 bits per heavy atom. The molecule has 5 nitrogen and oxygen atoms in total. The minimum Gasteiger partial charge on any atom is -0.378 e. The van der Waals surface area contributed by atoms with Gasteiger partial charge in [0, 0.05) is 19.5 Å². The van der Waals surface area contributed by atoms with E-state index in [4.69, 9.17) is 4.74 Å². The van der Waals surface area contributed by atoms with Crippen molar-refractivity contribution < 1.29 is 14.3 Å². The zero-order valence-electron chi connectivity index (χ0n) is 9.48. The van der Waals surface area contributed by atoms with Gasteiger partial charge in [-0.3, -0.25) is 14.5 Å². The van der Waals surface area contributed by atoms with Crippen LogP contribution in [0.4, 0.5) is 0 Å². The smallest absolute Gasteiger partial charge is 0.236 e. The molecule has 2 saturated heterocycles. The largest absolute Gasteiger partial charge is 0.378 e. The molecule has 5 heteroatoms. The molecule has 0 aliphatic carbocycles. The lowest BCUT2D eigenvalue weighted by atomic mass is 10.1. The fraction of sp³-hybridized carbons (Fsp3) is 0.818.